The van der Waals surface area contributed by atoms with Gasteiger partial charge in [-0.15, -0.1) is 0 Å². The van der Waals surface area contributed by atoms with E-state index in [4.69, 9.17) is 4.18 Å². The molecule has 136 valence electrons. The van der Waals surface area contributed by atoms with Gasteiger partial charge in [0.15, 0.2) is 0 Å². The van der Waals surface area contributed by atoms with E-state index in [1.54, 1.807) is 36.4 Å². The van der Waals surface area contributed by atoms with Crippen molar-refractivity contribution in [3.05, 3.63) is 83.5 Å². The summed E-state index contributed by atoms with van der Waals surface area (Å²) < 4.78 is 30.0. The average Bonchev–Trinajstić information content (AvgIpc) is 3.03. The van der Waals surface area contributed by atoms with Gasteiger partial charge < -0.3 is 9.08 Å². The molecule has 0 saturated carbocycles. The van der Waals surface area contributed by atoms with E-state index in [1.807, 2.05) is 33.2 Å². The van der Waals surface area contributed by atoms with Gasteiger partial charge in [-0.1, -0.05) is 48.1 Å². The third-order valence-electron chi connectivity index (χ3n) is 4.19. The van der Waals surface area contributed by atoms with Crippen LogP contribution in [0, 0.1) is 6.92 Å². The molecular formula is C21H23NO3S. The van der Waals surface area contributed by atoms with Crippen LogP contribution in [-0.4, -0.2) is 34.0 Å². The molecule has 1 unspecified atom stereocenters. The van der Waals surface area contributed by atoms with Gasteiger partial charge in [-0.05, 0) is 56.4 Å². The van der Waals surface area contributed by atoms with Crippen molar-refractivity contribution in [1.29, 1.82) is 0 Å². The highest BCUT2D eigenvalue weighted by Crippen LogP contribution is 2.29. The van der Waals surface area contributed by atoms with E-state index in [1.165, 1.54) is 5.57 Å². The summed E-state index contributed by atoms with van der Waals surface area (Å²) in [7, 11) is 0.273. The number of allylic oxidation sites excluding steroid dienone is 2. The smallest absolute Gasteiger partial charge is 0.339 e. The Labute approximate surface area is 155 Å². The topological polar surface area (TPSA) is 46.6 Å². The fourth-order valence-corrected chi connectivity index (χ4v) is 3.80. The van der Waals surface area contributed by atoms with Gasteiger partial charge in [0.25, 0.3) is 0 Å². The van der Waals surface area contributed by atoms with Gasteiger partial charge in [0.05, 0.1) is 0 Å². The molecule has 5 heteroatoms. The third kappa shape index (κ3) is 4.42. The van der Waals surface area contributed by atoms with Crippen molar-refractivity contribution in [2.75, 3.05) is 20.6 Å². The van der Waals surface area contributed by atoms with Gasteiger partial charge in [-0.25, -0.2) is 0 Å². The lowest BCUT2D eigenvalue weighted by Gasteiger charge is -2.10. The van der Waals surface area contributed by atoms with Crippen LogP contribution in [0.2, 0.25) is 0 Å². The molecular weight excluding hydrogens is 346 g/mol. The normalized spacial score (nSPS) is 16.8. The van der Waals surface area contributed by atoms with Crippen molar-refractivity contribution in [3.63, 3.8) is 0 Å². The lowest BCUT2D eigenvalue weighted by atomic mass is 10.0. The number of hydrogen-bond acceptors (Lipinski definition) is 4. The Bertz CT molecular complexity index is 924. The number of aryl methyl sites for hydroxylation is 1. The first-order chi connectivity index (χ1) is 12.3. The molecule has 4 nitrogen and oxygen atoms in total. The van der Waals surface area contributed by atoms with Crippen molar-refractivity contribution in [2.24, 2.45) is 0 Å². The minimum absolute atomic E-state index is 0.155. The molecule has 2 aromatic carbocycles. The predicted octanol–water partition coefficient (Wildman–Crippen LogP) is 3.90. The lowest BCUT2D eigenvalue weighted by molar-refractivity contribution is 0.449. The number of likely N-dealkylation sites (N-methyl/N-ethyl adjacent to an activating group) is 1. The van der Waals surface area contributed by atoms with Crippen LogP contribution in [0.25, 0.3) is 0 Å². The van der Waals surface area contributed by atoms with Crippen LogP contribution >= 0.6 is 0 Å². The molecule has 2 aromatic rings. The SMILES string of the molecule is Cc1ccc(S(=O)(=O)Oc2ccc(C3C=CC(CN(C)C)=C3)cc2)cc1. The van der Waals surface area contributed by atoms with Gasteiger partial charge in [0.1, 0.15) is 10.6 Å². The van der Waals surface area contributed by atoms with E-state index < -0.39 is 10.1 Å². The van der Waals surface area contributed by atoms with Gasteiger partial charge in [-0.2, -0.15) is 8.42 Å². The maximum Gasteiger partial charge on any atom is 0.339 e. The summed E-state index contributed by atoms with van der Waals surface area (Å²) in [4.78, 5) is 2.29. The first kappa shape index (κ1) is 18.4. The van der Waals surface area contributed by atoms with Crippen molar-refractivity contribution in [1.82, 2.24) is 4.90 Å². The van der Waals surface area contributed by atoms with Gasteiger partial charge in [0.2, 0.25) is 0 Å². The largest absolute Gasteiger partial charge is 0.379 e. The Morgan fingerprint density at radius 2 is 1.65 bits per heavy atom. The number of rotatable bonds is 6. The minimum Gasteiger partial charge on any atom is -0.379 e. The van der Waals surface area contributed by atoms with E-state index in [-0.39, 0.29) is 10.8 Å². The number of benzene rings is 2. The van der Waals surface area contributed by atoms with E-state index >= 15 is 0 Å². The van der Waals surface area contributed by atoms with Crippen molar-refractivity contribution >= 4 is 10.1 Å². The molecule has 0 aromatic heterocycles. The summed E-state index contributed by atoms with van der Waals surface area (Å²) in [5.41, 5.74) is 3.39. The summed E-state index contributed by atoms with van der Waals surface area (Å²) >= 11 is 0. The van der Waals surface area contributed by atoms with Crippen molar-refractivity contribution in [3.8, 4) is 5.75 Å². The average molecular weight is 369 g/mol. The molecule has 26 heavy (non-hydrogen) atoms. The highest BCUT2D eigenvalue weighted by Gasteiger charge is 2.17. The van der Waals surface area contributed by atoms with Gasteiger partial charge in [-0.3, -0.25) is 0 Å². The van der Waals surface area contributed by atoms with Crippen molar-refractivity contribution in [2.45, 2.75) is 17.7 Å². The quantitative estimate of drug-likeness (QED) is 0.725. The molecule has 0 radical (unpaired) electrons. The second-order valence-electron chi connectivity index (χ2n) is 6.78. The van der Waals surface area contributed by atoms with Crippen LogP contribution in [-0.2, 0) is 10.1 Å². The molecule has 0 amide bonds. The van der Waals surface area contributed by atoms with E-state index in [0.717, 1.165) is 17.7 Å². The summed E-state index contributed by atoms with van der Waals surface area (Å²) in [6, 6.07) is 13.8. The Hall–Kier alpha value is -2.37. The highest BCUT2D eigenvalue weighted by atomic mass is 32.2. The Morgan fingerprint density at radius 3 is 2.27 bits per heavy atom. The third-order valence-corrected chi connectivity index (χ3v) is 5.45. The fourth-order valence-electron chi connectivity index (χ4n) is 2.87. The van der Waals surface area contributed by atoms with Crippen LogP contribution in [0.15, 0.2) is 77.2 Å². The monoisotopic (exact) mass is 369 g/mol. The molecule has 0 aliphatic heterocycles. The van der Waals surface area contributed by atoms with Gasteiger partial charge in [0, 0.05) is 12.5 Å². The molecule has 1 aliphatic rings. The standard InChI is InChI=1S/C21H23NO3S/c1-16-4-12-21(13-5-16)26(23,24)25-20-10-8-18(9-11-20)19-7-6-17(14-19)15-22(2)3/h4-14,19H,15H2,1-3H3. The molecule has 0 bridgehead atoms. The molecule has 0 saturated heterocycles. The summed E-state index contributed by atoms with van der Waals surface area (Å²) in [6.07, 6.45) is 6.51. The Morgan fingerprint density at radius 1 is 1.00 bits per heavy atom. The molecule has 0 heterocycles. The Balaban J connectivity index is 1.71. The zero-order valence-corrected chi connectivity index (χ0v) is 16.0. The van der Waals surface area contributed by atoms with Crippen LogP contribution in [0.5, 0.6) is 5.75 Å². The molecule has 0 N–H and O–H groups in total. The van der Waals surface area contributed by atoms with E-state index in [2.05, 4.69) is 23.1 Å². The van der Waals surface area contributed by atoms with Crippen LogP contribution < -0.4 is 4.18 Å². The molecule has 3 rings (SSSR count). The molecule has 0 fully saturated rings. The van der Waals surface area contributed by atoms with Crippen molar-refractivity contribution < 1.29 is 12.6 Å². The van der Waals surface area contributed by atoms with E-state index in [0.29, 0.717) is 5.75 Å². The van der Waals surface area contributed by atoms with Crippen LogP contribution in [0.4, 0.5) is 0 Å². The maximum absolute atomic E-state index is 12.4. The molecule has 1 aliphatic carbocycles. The summed E-state index contributed by atoms with van der Waals surface area (Å²) in [5.74, 6) is 0.529. The van der Waals surface area contributed by atoms with E-state index in [9.17, 15) is 8.42 Å². The number of nitrogens with zero attached hydrogens (tertiary/aromatic N) is 1. The zero-order chi connectivity index (χ0) is 18.7. The maximum atomic E-state index is 12.4. The first-order valence-corrected chi connectivity index (χ1v) is 9.89. The number of hydrogen-bond donors (Lipinski definition) is 0. The lowest BCUT2D eigenvalue weighted by Crippen LogP contribution is -2.13. The Kier molecular flexibility index (Phi) is 5.30. The second-order valence-corrected chi connectivity index (χ2v) is 8.33. The van der Waals surface area contributed by atoms with Crippen LogP contribution in [0.1, 0.15) is 17.0 Å². The minimum atomic E-state index is -3.82. The molecule has 0 spiro atoms. The first-order valence-electron chi connectivity index (χ1n) is 8.48. The second kappa shape index (κ2) is 7.48. The summed E-state index contributed by atoms with van der Waals surface area (Å²) in [6.45, 7) is 2.81. The highest BCUT2D eigenvalue weighted by molar-refractivity contribution is 7.87. The van der Waals surface area contributed by atoms with Gasteiger partial charge >= 0.3 is 10.1 Å². The van der Waals surface area contributed by atoms with Crippen LogP contribution in [0.3, 0.4) is 0 Å². The summed E-state index contributed by atoms with van der Waals surface area (Å²) in [5, 5.41) is 0. The molecule has 1 atom stereocenters. The fraction of sp³-hybridized carbons (Fsp3) is 0.238. The zero-order valence-electron chi connectivity index (χ0n) is 15.2. The predicted molar refractivity (Wildman–Crippen MR) is 104 cm³/mol.